The third-order valence-electron chi connectivity index (χ3n) is 8.19. The number of esters is 2. The summed E-state index contributed by atoms with van der Waals surface area (Å²) in [4.78, 5) is 51.2. The van der Waals surface area contributed by atoms with E-state index in [1.165, 1.54) is 24.5 Å². The second-order valence-corrected chi connectivity index (χ2v) is 14.0. The summed E-state index contributed by atoms with van der Waals surface area (Å²) in [6.45, 7) is 6.11. The molecule has 266 valence electrons. The average molecular weight is 733 g/mol. The monoisotopic (exact) mass is 732 g/mol. The molecule has 2 atom stereocenters. The van der Waals surface area contributed by atoms with E-state index in [1.54, 1.807) is 0 Å². The summed E-state index contributed by atoms with van der Waals surface area (Å²) < 4.78 is 130. The van der Waals surface area contributed by atoms with Gasteiger partial charge in [-0.1, -0.05) is 13.8 Å². The van der Waals surface area contributed by atoms with E-state index in [0.29, 0.717) is 69.2 Å². The molecule has 0 bridgehead atoms. The van der Waals surface area contributed by atoms with Crippen LogP contribution in [0.5, 0.6) is 0 Å². The summed E-state index contributed by atoms with van der Waals surface area (Å²) in [6.07, 6.45) is 2.17. The number of thiophene rings is 2. The maximum Gasteiger partial charge on any atom is 0.393 e. The lowest BCUT2D eigenvalue weighted by Crippen LogP contribution is -2.67. The van der Waals surface area contributed by atoms with E-state index in [1.807, 2.05) is 13.8 Å². The lowest BCUT2D eigenvalue weighted by atomic mass is 9.88. The van der Waals surface area contributed by atoms with Gasteiger partial charge in [0, 0.05) is 9.75 Å². The summed E-state index contributed by atoms with van der Waals surface area (Å²) >= 11 is 1.13. The number of amides is 2. The summed E-state index contributed by atoms with van der Waals surface area (Å²) in [5, 5.41) is 1.28. The first kappa shape index (κ1) is 37.5. The molecule has 4 rings (SSSR count). The Morgan fingerprint density at radius 3 is 1.31 bits per heavy atom. The molecular weight excluding hydrogens is 700 g/mol. The fourth-order valence-corrected chi connectivity index (χ4v) is 8.35. The standard InChI is InChI=1S/C30H32F8N2O6S2/c1-5-45-23(41)19-15-9-7-13(3)11-17(15)47-21(19)39-25(43)27(31,32)29(35,36)30(37,38)28(33,34)26(44)40-22-20(24(42)46-6-2)16-10-8-14(4)12-18(16)48-22/h13-14H,5-12H2,1-4H3,(H,39,43)(H,40,44). The molecule has 0 spiro atoms. The van der Waals surface area contributed by atoms with E-state index in [9.17, 15) is 54.3 Å². The first-order chi connectivity index (χ1) is 22.2. The molecule has 0 radical (unpaired) electrons. The Labute approximate surface area is 277 Å². The maximum absolute atomic E-state index is 15.0. The molecule has 48 heavy (non-hydrogen) atoms. The van der Waals surface area contributed by atoms with Gasteiger partial charge in [-0.2, -0.15) is 35.1 Å². The molecule has 2 unspecified atom stereocenters. The Kier molecular flexibility index (Phi) is 10.6. The van der Waals surface area contributed by atoms with Crippen LogP contribution in [0.1, 0.15) is 82.1 Å². The molecule has 2 amide bonds. The van der Waals surface area contributed by atoms with E-state index in [4.69, 9.17) is 9.47 Å². The number of nitrogens with one attached hydrogen (secondary N) is 2. The Morgan fingerprint density at radius 2 is 1.00 bits per heavy atom. The smallest absolute Gasteiger partial charge is 0.393 e. The number of alkyl halides is 8. The number of anilines is 2. The first-order valence-electron chi connectivity index (χ1n) is 15.0. The van der Waals surface area contributed by atoms with Crippen LogP contribution in [-0.2, 0) is 44.7 Å². The average Bonchev–Trinajstić information content (AvgIpc) is 3.53. The van der Waals surface area contributed by atoms with Gasteiger partial charge in [0.1, 0.15) is 10.0 Å². The third-order valence-corrected chi connectivity index (χ3v) is 10.5. The molecule has 18 heteroatoms. The van der Waals surface area contributed by atoms with Crippen molar-refractivity contribution in [1.82, 2.24) is 0 Å². The Balaban J connectivity index is 1.64. The zero-order chi connectivity index (χ0) is 36.0. The molecule has 0 aliphatic heterocycles. The minimum atomic E-state index is -7.16. The van der Waals surface area contributed by atoms with Gasteiger partial charge in [0.25, 0.3) is 0 Å². The van der Waals surface area contributed by atoms with E-state index >= 15 is 0 Å². The number of hydrogen-bond donors (Lipinski definition) is 2. The van der Waals surface area contributed by atoms with Crippen LogP contribution in [0.25, 0.3) is 0 Å². The second kappa shape index (κ2) is 13.6. The highest BCUT2D eigenvalue weighted by Crippen LogP contribution is 2.54. The van der Waals surface area contributed by atoms with Crippen molar-refractivity contribution in [2.45, 2.75) is 89.9 Å². The molecule has 2 aliphatic carbocycles. The number of halogens is 8. The second-order valence-electron chi connectivity index (χ2n) is 11.8. The number of ether oxygens (including phenoxy) is 2. The fraction of sp³-hybridized carbons (Fsp3) is 0.600. The maximum atomic E-state index is 15.0. The molecule has 0 saturated carbocycles. The summed E-state index contributed by atoms with van der Waals surface area (Å²) in [6, 6.07) is 0. The molecule has 0 fully saturated rings. The van der Waals surface area contributed by atoms with Gasteiger partial charge in [-0.3, -0.25) is 9.59 Å². The SMILES string of the molecule is CCOC(=O)c1c(NC(=O)C(F)(F)C(F)(F)C(F)(F)C(F)(F)C(=O)Nc2sc3c(c2C(=O)OCC)CCC(C)C3)sc2c1CCC(C)C2. The quantitative estimate of drug-likeness (QED) is 0.183. The molecule has 2 aromatic rings. The lowest BCUT2D eigenvalue weighted by molar-refractivity contribution is -0.345. The number of carbonyl (C=O) groups excluding carboxylic acids is 4. The largest absolute Gasteiger partial charge is 0.462 e. The van der Waals surface area contributed by atoms with E-state index in [-0.39, 0.29) is 37.9 Å². The molecular formula is C30H32F8N2O6S2. The van der Waals surface area contributed by atoms with Gasteiger partial charge < -0.3 is 20.1 Å². The molecule has 0 aromatic carbocycles. The molecule has 8 nitrogen and oxygen atoms in total. The van der Waals surface area contributed by atoms with Gasteiger partial charge in [0.05, 0.1) is 24.3 Å². The first-order valence-corrected chi connectivity index (χ1v) is 16.6. The number of hydrogen-bond acceptors (Lipinski definition) is 8. The van der Waals surface area contributed by atoms with Crippen LogP contribution in [-0.4, -0.2) is 60.7 Å². The van der Waals surface area contributed by atoms with Crippen LogP contribution in [0.3, 0.4) is 0 Å². The van der Waals surface area contributed by atoms with Crippen molar-refractivity contribution in [3.63, 3.8) is 0 Å². The normalized spacial score (nSPS) is 18.4. The minimum Gasteiger partial charge on any atom is -0.462 e. The molecule has 2 N–H and O–H groups in total. The lowest BCUT2D eigenvalue weighted by Gasteiger charge is -2.35. The summed E-state index contributed by atoms with van der Waals surface area (Å²) in [5.74, 6) is -35.7. The van der Waals surface area contributed by atoms with Crippen molar-refractivity contribution in [3.8, 4) is 0 Å². The van der Waals surface area contributed by atoms with Crippen LogP contribution in [0.15, 0.2) is 0 Å². The Bertz CT molecular complexity index is 1490. The highest BCUT2D eigenvalue weighted by Gasteiger charge is 2.84. The Morgan fingerprint density at radius 1 is 0.667 bits per heavy atom. The predicted molar refractivity (Wildman–Crippen MR) is 160 cm³/mol. The number of rotatable bonds is 11. The van der Waals surface area contributed by atoms with Crippen LogP contribution in [0.4, 0.5) is 45.1 Å². The Hall–Kier alpha value is -3.28. The van der Waals surface area contributed by atoms with Gasteiger partial charge in [-0.05, 0) is 75.3 Å². The van der Waals surface area contributed by atoms with Gasteiger partial charge in [0.15, 0.2) is 0 Å². The van der Waals surface area contributed by atoms with Crippen LogP contribution in [0, 0.1) is 11.8 Å². The van der Waals surface area contributed by atoms with Crippen LogP contribution < -0.4 is 10.6 Å². The third kappa shape index (κ3) is 6.41. The van der Waals surface area contributed by atoms with Crippen molar-refractivity contribution >= 4 is 56.4 Å². The van der Waals surface area contributed by atoms with Gasteiger partial charge in [-0.15, -0.1) is 22.7 Å². The fourth-order valence-electron chi connectivity index (χ4n) is 5.56. The minimum absolute atomic E-state index is 0.0594. The summed E-state index contributed by atoms with van der Waals surface area (Å²) in [7, 11) is 0. The highest BCUT2D eigenvalue weighted by atomic mass is 32.1. The van der Waals surface area contributed by atoms with E-state index < -0.39 is 68.6 Å². The molecule has 2 aliphatic rings. The van der Waals surface area contributed by atoms with Gasteiger partial charge >= 0.3 is 47.4 Å². The number of carbonyl (C=O) groups is 4. The highest BCUT2D eigenvalue weighted by molar-refractivity contribution is 7.17. The van der Waals surface area contributed by atoms with Crippen molar-refractivity contribution < 1.29 is 63.8 Å². The van der Waals surface area contributed by atoms with Crippen LogP contribution >= 0.6 is 22.7 Å². The van der Waals surface area contributed by atoms with Gasteiger partial charge in [0.2, 0.25) is 0 Å². The summed E-state index contributed by atoms with van der Waals surface area (Å²) in [5.41, 5.74) is -0.277. The van der Waals surface area contributed by atoms with Crippen molar-refractivity contribution in [3.05, 3.63) is 32.0 Å². The van der Waals surface area contributed by atoms with E-state index in [2.05, 4.69) is 0 Å². The molecule has 2 aromatic heterocycles. The van der Waals surface area contributed by atoms with Crippen LogP contribution in [0.2, 0.25) is 0 Å². The number of fused-ring (bicyclic) bond motifs is 2. The van der Waals surface area contributed by atoms with Gasteiger partial charge in [-0.25, -0.2) is 9.59 Å². The molecule has 2 heterocycles. The van der Waals surface area contributed by atoms with Crippen molar-refractivity contribution in [2.75, 3.05) is 23.8 Å². The topological polar surface area (TPSA) is 111 Å². The van der Waals surface area contributed by atoms with Crippen molar-refractivity contribution in [1.29, 1.82) is 0 Å². The zero-order valence-corrected chi connectivity index (χ0v) is 27.7. The predicted octanol–water partition coefficient (Wildman–Crippen LogP) is 7.53. The van der Waals surface area contributed by atoms with E-state index in [0.717, 1.165) is 0 Å². The zero-order valence-electron chi connectivity index (χ0n) is 26.1. The molecule has 0 saturated heterocycles. The van der Waals surface area contributed by atoms with Crippen molar-refractivity contribution in [2.24, 2.45) is 11.8 Å².